The SMILES string of the molecule is N[C@@H]1CC[C@H](C(=O)NCCc2nc(-c3ccccc3)no2)C1. The van der Waals surface area contributed by atoms with Crippen LogP contribution < -0.4 is 11.1 Å². The maximum absolute atomic E-state index is 12.0. The molecule has 1 aromatic heterocycles. The molecular formula is C16H20N4O2. The van der Waals surface area contributed by atoms with Gasteiger partial charge in [0, 0.05) is 30.5 Å². The highest BCUT2D eigenvalue weighted by Crippen LogP contribution is 2.24. The van der Waals surface area contributed by atoms with Gasteiger partial charge in [0.1, 0.15) is 0 Å². The predicted molar refractivity (Wildman–Crippen MR) is 81.8 cm³/mol. The van der Waals surface area contributed by atoms with Crippen molar-refractivity contribution >= 4 is 5.91 Å². The number of carbonyl (C=O) groups is 1. The number of nitrogens with zero attached hydrogens (tertiary/aromatic N) is 2. The summed E-state index contributed by atoms with van der Waals surface area (Å²) in [4.78, 5) is 16.3. The molecule has 1 heterocycles. The van der Waals surface area contributed by atoms with E-state index in [0.29, 0.717) is 24.7 Å². The average Bonchev–Trinajstić information content (AvgIpc) is 3.17. The first-order valence-corrected chi connectivity index (χ1v) is 7.63. The first-order chi connectivity index (χ1) is 10.7. The summed E-state index contributed by atoms with van der Waals surface area (Å²) in [5.41, 5.74) is 6.75. The van der Waals surface area contributed by atoms with Crippen molar-refractivity contribution in [1.29, 1.82) is 0 Å². The van der Waals surface area contributed by atoms with Gasteiger partial charge in [-0.1, -0.05) is 35.5 Å². The minimum Gasteiger partial charge on any atom is -0.355 e. The minimum atomic E-state index is 0.0533. The number of rotatable bonds is 5. The molecule has 1 aliphatic rings. The van der Waals surface area contributed by atoms with Crippen LogP contribution in [0.15, 0.2) is 34.9 Å². The van der Waals surface area contributed by atoms with Gasteiger partial charge in [-0.3, -0.25) is 4.79 Å². The van der Waals surface area contributed by atoms with E-state index in [1.54, 1.807) is 0 Å². The summed E-state index contributed by atoms with van der Waals surface area (Å²) in [5, 5.41) is 6.88. The molecule has 0 spiro atoms. The summed E-state index contributed by atoms with van der Waals surface area (Å²) in [7, 11) is 0. The quantitative estimate of drug-likeness (QED) is 0.873. The minimum absolute atomic E-state index is 0.0533. The Morgan fingerprint density at radius 1 is 1.32 bits per heavy atom. The Hall–Kier alpha value is -2.21. The standard InChI is InChI=1S/C16H20N4O2/c17-13-7-6-12(10-13)16(21)18-9-8-14-19-15(20-22-14)11-4-2-1-3-5-11/h1-5,12-13H,6-10,17H2,(H,18,21)/t12-,13+/m0/s1. The molecule has 0 saturated heterocycles. The van der Waals surface area contributed by atoms with Gasteiger partial charge in [-0.2, -0.15) is 4.98 Å². The van der Waals surface area contributed by atoms with Crippen molar-refractivity contribution in [1.82, 2.24) is 15.5 Å². The van der Waals surface area contributed by atoms with Gasteiger partial charge in [0.25, 0.3) is 0 Å². The van der Waals surface area contributed by atoms with Crippen molar-refractivity contribution in [2.45, 2.75) is 31.7 Å². The van der Waals surface area contributed by atoms with Gasteiger partial charge in [-0.15, -0.1) is 0 Å². The van der Waals surface area contributed by atoms with Crippen LogP contribution in [0.3, 0.4) is 0 Å². The number of amides is 1. The second kappa shape index (κ2) is 6.70. The van der Waals surface area contributed by atoms with E-state index in [9.17, 15) is 4.79 Å². The maximum Gasteiger partial charge on any atom is 0.228 e. The van der Waals surface area contributed by atoms with E-state index in [2.05, 4.69) is 15.5 Å². The second-order valence-electron chi connectivity index (χ2n) is 5.69. The molecule has 1 amide bonds. The van der Waals surface area contributed by atoms with Gasteiger partial charge >= 0.3 is 0 Å². The highest BCUT2D eigenvalue weighted by atomic mass is 16.5. The van der Waals surface area contributed by atoms with Crippen LogP contribution in [0.5, 0.6) is 0 Å². The molecule has 1 saturated carbocycles. The molecule has 0 bridgehead atoms. The Bertz CT molecular complexity index is 626. The summed E-state index contributed by atoms with van der Waals surface area (Å²) >= 11 is 0. The van der Waals surface area contributed by atoms with Gasteiger partial charge in [-0.25, -0.2) is 0 Å². The van der Waals surface area contributed by atoms with Crippen molar-refractivity contribution in [3.63, 3.8) is 0 Å². The normalized spacial score (nSPS) is 21.0. The average molecular weight is 300 g/mol. The van der Waals surface area contributed by atoms with Gasteiger partial charge in [0.05, 0.1) is 0 Å². The topological polar surface area (TPSA) is 94.0 Å². The van der Waals surface area contributed by atoms with E-state index < -0.39 is 0 Å². The van der Waals surface area contributed by atoms with Gasteiger partial charge in [0.2, 0.25) is 17.6 Å². The van der Waals surface area contributed by atoms with Crippen molar-refractivity contribution in [3.05, 3.63) is 36.2 Å². The van der Waals surface area contributed by atoms with Crippen molar-refractivity contribution in [3.8, 4) is 11.4 Å². The molecular weight excluding hydrogens is 280 g/mol. The highest BCUT2D eigenvalue weighted by Gasteiger charge is 2.27. The van der Waals surface area contributed by atoms with E-state index in [0.717, 1.165) is 24.8 Å². The number of nitrogens with one attached hydrogen (secondary N) is 1. The molecule has 1 aromatic carbocycles. The lowest BCUT2D eigenvalue weighted by molar-refractivity contribution is -0.124. The first kappa shape index (κ1) is 14.7. The molecule has 3 N–H and O–H groups in total. The fraction of sp³-hybridized carbons (Fsp3) is 0.438. The monoisotopic (exact) mass is 300 g/mol. The zero-order valence-electron chi connectivity index (χ0n) is 12.4. The van der Waals surface area contributed by atoms with Crippen LogP contribution in [0.1, 0.15) is 25.2 Å². The Balaban J connectivity index is 1.48. The van der Waals surface area contributed by atoms with Crippen LogP contribution in [-0.4, -0.2) is 28.6 Å². The largest absolute Gasteiger partial charge is 0.355 e. The number of benzene rings is 1. The molecule has 2 atom stereocenters. The molecule has 22 heavy (non-hydrogen) atoms. The fourth-order valence-electron chi connectivity index (χ4n) is 2.75. The molecule has 0 unspecified atom stereocenters. The lowest BCUT2D eigenvalue weighted by Crippen LogP contribution is -2.31. The lowest BCUT2D eigenvalue weighted by Gasteiger charge is -2.09. The summed E-state index contributed by atoms with van der Waals surface area (Å²) < 4.78 is 5.21. The lowest BCUT2D eigenvalue weighted by atomic mass is 10.1. The molecule has 0 aliphatic heterocycles. The van der Waals surface area contributed by atoms with Crippen LogP contribution in [0, 0.1) is 5.92 Å². The zero-order valence-corrected chi connectivity index (χ0v) is 12.4. The highest BCUT2D eigenvalue weighted by molar-refractivity contribution is 5.78. The molecule has 6 heteroatoms. The Labute approximate surface area is 129 Å². The third-order valence-electron chi connectivity index (χ3n) is 3.98. The van der Waals surface area contributed by atoms with E-state index in [1.165, 1.54) is 0 Å². The predicted octanol–water partition coefficient (Wildman–Crippen LogP) is 1.52. The Morgan fingerprint density at radius 2 is 2.14 bits per heavy atom. The molecule has 0 radical (unpaired) electrons. The summed E-state index contributed by atoms with van der Waals surface area (Å²) in [6.45, 7) is 0.501. The number of carbonyl (C=O) groups excluding carboxylic acids is 1. The molecule has 1 aliphatic carbocycles. The summed E-state index contributed by atoms with van der Waals surface area (Å²) in [6.07, 6.45) is 3.13. The summed E-state index contributed by atoms with van der Waals surface area (Å²) in [6, 6.07) is 9.82. The van der Waals surface area contributed by atoms with E-state index >= 15 is 0 Å². The van der Waals surface area contributed by atoms with Gasteiger partial charge < -0.3 is 15.6 Å². The molecule has 1 fully saturated rings. The second-order valence-corrected chi connectivity index (χ2v) is 5.69. The Morgan fingerprint density at radius 3 is 2.86 bits per heavy atom. The van der Waals surface area contributed by atoms with Crippen LogP contribution >= 0.6 is 0 Å². The van der Waals surface area contributed by atoms with Gasteiger partial charge in [-0.05, 0) is 19.3 Å². The van der Waals surface area contributed by atoms with Crippen molar-refractivity contribution in [2.75, 3.05) is 6.54 Å². The zero-order chi connectivity index (χ0) is 15.4. The number of hydrogen-bond donors (Lipinski definition) is 2. The Kier molecular flexibility index (Phi) is 4.48. The third-order valence-corrected chi connectivity index (χ3v) is 3.98. The van der Waals surface area contributed by atoms with Crippen molar-refractivity contribution in [2.24, 2.45) is 11.7 Å². The number of hydrogen-bond acceptors (Lipinski definition) is 5. The van der Waals surface area contributed by atoms with E-state index in [-0.39, 0.29) is 17.9 Å². The molecule has 116 valence electrons. The van der Waals surface area contributed by atoms with E-state index in [4.69, 9.17) is 10.3 Å². The number of aromatic nitrogens is 2. The first-order valence-electron chi connectivity index (χ1n) is 7.63. The number of nitrogens with two attached hydrogens (primary N) is 1. The van der Waals surface area contributed by atoms with Gasteiger partial charge in [0.15, 0.2) is 0 Å². The maximum atomic E-state index is 12.0. The fourth-order valence-corrected chi connectivity index (χ4v) is 2.75. The van der Waals surface area contributed by atoms with Crippen LogP contribution in [0.2, 0.25) is 0 Å². The van der Waals surface area contributed by atoms with Crippen LogP contribution in [0.25, 0.3) is 11.4 Å². The third kappa shape index (κ3) is 3.51. The molecule has 3 rings (SSSR count). The summed E-state index contributed by atoms with van der Waals surface area (Å²) in [5.74, 6) is 1.24. The molecule has 6 nitrogen and oxygen atoms in total. The molecule has 2 aromatic rings. The van der Waals surface area contributed by atoms with Crippen LogP contribution in [-0.2, 0) is 11.2 Å². The smallest absolute Gasteiger partial charge is 0.228 e. The van der Waals surface area contributed by atoms with Crippen molar-refractivity contribution < 1.29 is 9.32 Å². The van der Waals surface area contributed by atoms with Crippen LogP contribution in [0.4, 0.5) is 0 Å². The van der Waals surface area contributed by atoms with E-state index in [1.807, 2.05) is 30.3 Å².